The molecule has 1 atom stereocenters. The number of hydrogen-bond acceptors (Lipinski definition) is 3. The van der Waals surface area contributed by atoms with E-state index in [0.717, 1.165) is 58.4 Å². The summed E-state index contributed by atoms with van der Waals surface area (Å²) in [4.78, 5) is 17.4. The van der Waals surface area contributed by atoms with E-state index >= 15 is 0 Å². The first-order chi connectivity index (χ1) is 11.3. The van der Waals surface area contributed by atoms with E-state index in [0.29, 0.717) is 6.61 Å². The van der Waals surface area contributed by atoms with E-state index in [1.165, 1.54) is 6.42 Å². The molecule has 142 valence electrons. The van der Waals surface area contributed by atoms with Crippen LogP contribution in [0, 0.1) is 5.41 Å². The summed E-state index contributed by atoms with van der Waals surface area (Å²) >= 11 is 0. The SMILES string of the molecule is CCCN1CCN(C(=O)C(C)(C)CCOC(C)(CC)CCC)CC1. The first kappa shape index (κ1) is 21.4. The zero-order chi connectivity index (χ0) is 18.2. The molecule has 0 N–H and O–H groups in total. The van der Waals surface area contributed by atoms with Gasteiger partial charge in [0.15, 0.2) is 0 Å². The van der Waals surface area contributed by atoms with Crippen molar-refractivity contribution in [2.75, 3.05) is 39.3 Å². The van der Waals surface area contributed by atoms with Gasteiger partial charge in [-0.2, -0.15) is 0 Å². The fourth-order valence-corrected chi connectivity index (χ4v) is 3.46. The lowest BCUT2D eigenvalue weighted by Gasteiger charge is -2.39. The molecule has 0 spiro atoms. The maximum Gasteiger partial charge on any atom is 0.228 e. The summed E-state index contributed by atoms with van der Waals surface area (Å²) in [6.07, 6.45) is 5.21. The molecule has 24 heavy (non-hydrogen) atoms. The summed E-state index contributed by atoms with van der Waals surface area (Å²) in [7, 11) is 0. The van der Waals surface area contributed by atoms with Crippen LogP contribution in [0.1, 0.15) is 73.6 Å². The van der Waals surface area contributed by atoms with Crippen molar-refractivity contribution < 1.29 is 9.53 Å². The minimum absolute atomic E-state index is 0.0420. The molecular weight excluding hydrogens is 300 g/mol. The van der Waals surface area contributed by atoms with Gasteiger partial charge in [0.25, 0.3) is 0 Å². The Labute approximate surface area is 149 Å². The Morgan fingerprint density at radius 1 is 0.958 bits per heavy atom. The van der Waals surface area contributed by atoms with Crippen molar-refractivity contribution in [3.63, 3.8) is 0 Å². The van der Waals surface area contributed by atoms with E-state index in [1.807, 2.05) is 0 Å². The number of ether oxygens (including phenoxy) is 1. The molecule has 4 nitrogen and oxygen atoms in total. The van der Waals surface area contributed by atoms with E-state index in [4.69, 9.17) is 4.74 Å². The molecule has 4 heteroatoms. The van der Waals surface area contributed by atoms with Crippen molar-refractivity contribution in [3.8, 4) is 0 Å². The van der Waals surface area contributed by atoms with Crippen LogP contribution in [0.3, 0.4) is 0 Å². The fraction of sp³-hybridized carbons (Fsp3) is 0.950. The number of piperazine rings is 1. The van der Waals surface area contributed by atoms with Crippen molar-refractivity contribution in [1.29, 1.82) is 0 Å². The maximum absolute atomic E-state index is 12.9. The minimum atomic E-state index is -0.339. The molecule has 0 bridgehead atoms. The lowest BCUT2D eigenvalue weighted by atomic mass is 9.87. The minimum Gasteiger partial charge on any atom is -0.375 e. The second-order valence-electron chi connectivity index (χ2n) is 8.17. The van der Waals surface area contributed by atoms with E-state index in [1.54, 1.807) is 0 Å². The van der Waals surface area contributed by atoms with E-state index in [-0.39, 0.29) is 16.9 Å². The van der Waals surface area contributed by atoms with Crippen molar-refractivity contribution in [2.24, 2.45) is 5.41 Å². The molecular formula is C20H40N2O2. The summed E-state index contributed by atoms with van der Waals surface area (Å²) in [5, 5.41) is 0. The Balaban J connectivity index is 2.45. The number of hydrogen-bond donors (Lipinski definition) is 0. The molecule has 1 rings (SSSR count). The topological polar surface area (TPSA) is 32.8 Å². The van der Waals surface area contributed by atoms with Gasteiger partial charge in [-0.05, 0) is 39.2 Å². The number of carbonyl (C=O) groups is 1. The van der Waals surface area contributed by atoms with Gasteiger partial charge in [0.1, 0.15) is 0 Å². The van der Waals surface area contributed by atoms with Crippen LogP contribution in [-0.2, 0) is 9.53 Å². The largest absolute Gasteiger partial charge is 0.375 e. The molecule has 0 aliphatic carbocycles. The molecule has 1 heterocycles. The van der Waals surface area contributed by atoms with Crippen LogP contribution in [0.4, 0.5) is 0 Å². The van der Waals surface area contributed by atoms with Crippen LogP contribution >= 0.6 is 0 Å². The third-order valence-corrected chi connectivity index (χ3v) is 5.48. The van der Waals surface area contributed by atoms with Crippen molar-refractivity contribution >= 4 is 5.91 Å². The number of amides is 1. The zero-order valence-corrected chi connectivity index (χ0v) is 17.0. The summed E-state index contributed by atoms with van der Waals surface area (Å²) < 4.78 is 6.16. The predicted molar refractivity (Wildman–Crippen MR) is 101 cm³/mol. The first-order valence-electron chi connectivity index (χ1n) is 9.93. The molecule has 1 aliphatic heterocycles. The average molecular weight is 341 g/mol. The van der Waals surface area contributed by atoms with E-state index in [9.17, 15) is 4.79 Å². The number of carbonyl (C=O) groups excluding carboxylic acids is 1. The lowest BCUT2D eigenvalue weighted by Crippen LogP contribution is -2.52. The molecule has 1 fully saturated rings. The highest BCUT2D eigenvalue weighted by atomic mass is 16.5. The van der Waals surface area contributed by atoms with Crippen molar-refractivity contribution in [2.45, 2.75) is 79.2 Å². The number of nitrogens with zero attached hydrogens (tertiary/aromatic N) is 2. The Morgan fingerprint density at radius 2 is 1.58 bits per heavy atom. The summed E-state index contributed by atoms with van der Waals surface area (Å²) in [6.45, 7) is 18.5. The molecule has 1 amide bonds. The quantitative estimate of drug-likeness (QED) is 0.604. The maximum atomic E-state index is 12.9. The monoisotopic (exact) mass is 340 g/mol. The van der Waals surface area contributed by atoms with Crippen LogP contribution in [0.15, 0.2) is 0 Å². The van der Waals surface area contributed by atoms with Gasteiger partial charge in [0.05, 0.1) is 5.60 Å². The standard InChI is InChI=1S/C20H40N2O2/c1-7-10-20(6,9-3)24-17-11-19(4,5)18(23)22-15-13-21(12-8-2)14-16-22/h7-17H2,1-6H3. The summed E-state index contributed by atoms with van der Waals surface area (Å²) in [5.74, 6) is 0.288. The van der Waals surface area contributed by atoms with Gasteiger partial charge in [0.2, 0.25) is 5.91 Å². The van der Waals surface area contributed by atoms with Gasteiger partial charge in [-0.3, -0.25) is 9.69 Å². The Kier molecular flexibility index (Phi) is 8.72. The van der Waals surface area contributed by atoms with Gasteiger partial charge >= 0.3 is 0 Å². The zero-order valence-electron chi connectivity index (χ0n) is 17.0. The van der Waals surface area contributed by atoms with Crippen LogP contribution < -0.4 is 0 Å². The van der Waals surface area contributed by atoms with E-state index in [2.05, 4.69) is 51.3 Å². The van der Waals surface area contributed by atoms with E-state index < -0.39 is 0 Å². The molecule has 1 unspecified atom stereocenters. The Morgan fingerprint density at radius 3 is 2.08 bits per heavy atom. The van der Waals surface area contributed by atoms with Crippen LogP contribution in [0.25, 0.3) is 0 Å². The van der Waals surface area contributed by atoms with Gasteiger partial charge in [-0.1, -0.05) is 41.0 Å². The Hall–Kier alpha value is -0.610. The first-order valence-corrected chi connectivity index (χ1v) is 9.93. The van der Waals surface area contributed by atoms with Crippen LogP contribution in [0.2, 0.25) is 0 Å². The highest BCUT2D eigenvalue weighted by Crippen LogP contribution is 2.27. The van der Waals surface area contributed by atoms with Crippen molar-refractivity contribution in [1.82, 2.24) is 9.80 Å². The van der Waals surface area contributed by atoms with Crippen molar-refractivity contribution in [3.05, 3.63) is 0 Å². The lowest BCUT2D eigenvalue weighted by molar-refractivity contribution is -0.144. The highest BCUT2D eigenvalue weighted by molar-refractivity contribution is 5.82. The highest BCUT2D eigenvalue weighted by Gasteiger charge is 2.34. The third-order valence-electron chi connectivity index (χ3n) is 5.48. The van der Waals surface area contributed by atoms with Gasteiger partial charge in [-0.15, -0.1) is 0 Å². The van der Waals surface area contributed by atoms with Gasteiger partial charge < -0.3 is 9.64 Å². The normalized spacial score (nSPS) is 19.3. The molecule has 0 radical (unpaired) electrons. The molecule has 0 aromatic rings. The summed E-state index contributed by atoms with van der Waals surface area (Å²) in [5.41, 5.74) is -0.381. The van der Waals surface area contributed by atoms with Gasteiger partial charge in [0, 0.05) is 38.2 Å². The molecule has 0 aromatic heterocycles. The number of rotatable bonds is 10. The van der Waals surface area contributed by atoms with Gasteiger partial charge in [-0.25, -0.2) is 0 Å². The molecule has 0 saturated carbocycles. The summed E-state index contributed by atoms with van der Waals surface area (Å²) in [6, 6.07) is 0. The fourth-order valence-electron chi connectivity index (χ4n) is 3.46. The molecule has 1 saturated heterocycles. The second kappa shape index (κ2) is 9.76. The van der Waals surface area contributed by atoms with Crippen LogP contribution in [-0.4, -0.2) is 60.6 Å². The smallest absolute Gasteiger partial charge is 0.228 e. The molecule has 1 aliphatic rings. The third kappa shape index (κ3) is 6.36. The predicted octanol–water partition coefficient (Wildman–Crippen LogP) is 3.94. The molecule has 0 aromatic carbocycles. The average Bonchev–Trinajstić information content (AvgIpc) is 2.55. The Bertz CT molecular complexity index is 376. The second-order valence-corrected chi connectivity index (χ2v) is 8.17. The van der Waals surface area contributed by atoms with Crippen LogP contribution in [0.5, 0.6) is 0 Å².